The van der Waals surface area contributed by atoms with E-state index in [-0.39, 0.29) is 0 Å². The lowest BCUT2D eigenvalue weighted by molar-refractivity contribution is -0.403. The van der Waals surface area contributed by atoms with Gasteiger partial charge in [-0.2, -0.15) is 0 Å². The Morgan fingerprint density at radius 3 is 3.14 bits per heavy atom. The SMILES string of the molecule is C/C(=C\[N+](=O)[O-])NCc1cnc(Cl)s1. The summed E-state index contributed by atoms with van der Waals surface area (Å²) in [6.45, 7) is 2.13. The summed E-state index contributed by atoms with van der Waals surface area (Å²) >= 11 is 6.96. The molecular weight excluding hydrogens is 226 g/mol. The molecule has 0 aliphatic carbocycles. The first-order valence-electron chi connectivity index (χ1n) is 3.74. The van der Waals surface area contributed by atoms with Crippen LogP contribution in [0.5, 0.6) is 0 Å². The van der Waals surface area contributed by atoms with Gasteiger partial charge in [0, 0.05) is 11.1 Å². The van der Waals surface area contributed by atoms with Crippen LogP contribution in [0.25, 0.3) is 0 Å². The van der Waals surface area contributed by atoms with Crippen molar-refractivity contribution < 1.29 is 4.92 Å². The standard InChI is InChI=1S/C7H8ClN3O2S/c1-5(4-11(12)13)9-2-6-3-10-7(8)14-6/h3-4,9H,2H2,1H3/b5-4+. The van der Waals surface area contributed by atoms with Gasteiger partial charge in [0.1, 0.15) is 0 Å². The van der Waals surface area contributed by atoms with Crippen molar-refractivity contribution in [2.24, 2.45) is 0 Å². The summed E-state index contributed by atoms with van der Waals surface area (Å²) in [6.07, 6.45) is 2.56. The van der Waals surface area contributed by atoms with E-state index in [0.29, 0.717) is 16.7 Å². The maximum atomic E-state index is 10.1. The van der Waals surface area contributed by atoms with E-state index in [2.05, 4.69) is 10.3 Å². The summed E-state index contributed by atoms with van der Waals surface area (Å²) in [5.41, 5.74) is 0.500. The van der Waals surface area contributed by atoms with Gasteiger partial charge in [0.15, 0.2) is 4.47 Å². The highest BCUT2D eigenvalue weighted by molar-refractivity contribution is 7.15. The van der Waals surface area contributed by atoms with E-state index in [4.69, 9.17) is 11.6 Å². The van der Waals surface area contributed by atoms with Crippen molar-refractivity contribution in [2.45, 2.75) is 13.5 Å². The normalized spacial score (nSPS) is 11.4. The minimum Gasteiger partial charge on any atom is -0.379 e. The van der Waals surface area contributed by atoms with Gasteiger partial charge in [-0.3, -0.25) is 10.1 Å². The first kappa shape index (κ1) is 10.9. The summed E-state index contributed by atoms with van der Waals surface area (Å²) in [6, 6.07) is 0. The lowest BCUT2D eigenvalue weighted by atomic mass is 10.4. The van der Waals surface area contributed by atoms with Gasteiger partial charge in [-0.15, -0.1) is 11.3 Å². The zero-order chi connectivity index (χ0) is 10.6. The van der Waals surface area contributed by atoms with Crippen molar-refractivity contribution in [3.8, 4) is 0 Å². The first-order valence-corrected chi connectivity index (χ1v) is 4.93. The van der Waals surface area contributed by atoms with Crippen molar-refractivity contribution in [1.82, 2.24) is 10.3 Å². The number of hydrogen-bond acceptors (Lipinski definition) is 5. The third-order valence-corrected chi connectivity index (χ3v) is 2.48. The van der Waals surface area contributed by atoms with Gasteiger partial charge < -0.3 is 5.32 Å². The van der Waals surface area contributed by atoms with Gasteiger partial charge in [-0.1, -0.05) is 11.6 Å². The average Bonchev–Trinajstić information content (AvgIpc) is 2.47. The highest BCUT2D eigenvalue weighted by Crippen LogP contribution is 2.17. The predicted octanol–water partition coefficient (Wildman–Crippen LogP) is 2.02. The molecule has 0 aromatic carbocycles. The molecular formula is C7H8ClN3O2S. The first-order chi connectivity index (χ1) is 6.58. The number of aromatic nitrogens is 1. The molecule has 0 aliphatic heterocycles. The van der Waals surface area contributed by atoms with E-state index in [1.165, 1.54) is 11.3 Å². The summed E-state index contributed by atoms with van der Waals surface area (Å²) in [4.78, 5) is 14.4. The highest BCUT2D eigenvalue weighted by Gasteiger charge is 2.00. The fraction of sp³-hybridized carbons (Fsp3) is 0.286. The molecule has 14 heavy (non-hydrogen) atoms. The molecule has 0 aliphatic rings. The maximum Gasteiger partial charge on any atom is 0.252 e. The molecule has 7 heteroatoms. The second kappa shape index (κ2) is 4.92. The van der Waals surface area contributed by atoms with E-state index in [0.717, 1.165) is 11.1 Å². The van der Waals surface area contributed by atoms with Crippen LogP contribution in [0.15, 0.2) is 18.1 Å². The fourth-order valence-electron chi connectivity index (χ4n) is 0.796. The molecule has 76 valence electrons. The van der Waals surface area contributed by atoms with Crippen LogP contribution in [0.4, 0.5) is 0 Å². The van der Waals surface area contributed by atoms with Crippen LogP contribution < -0.4 is 5.32 Å². The Labute approximate surface area is 89.6 Å². The van der Waals surface area contributed by atoms with E-state index < -0.39 is 4.92 Å². The van der Waals surface area contributed by atoms with Crippen LogP contribution in [-0.2, 0) is 6.54 Å². The molecule has 0 fully saturated rings. The second-order valence-electron chi connectivity index (χ2n) is 2.53. The van der Waals surface area contributed by atoms with Gasteiger partial charge in [-0.05, 0) is 6.92 Å². The highest BCUT2D eigenvalue weighted by atomic mass is 35.5. The Balaban J connectivity index is 2.45. The number of allylic oxidation sites excluding steroid dienone is 1. The molecule has 0 unspecified atom stereocenters. The van der Waals surface area contributed by atoms with Crippen LogP contribution in [-0.4, -0.2) is 9.91 Å². The molecule has 0 amide bonds. The van der Waals surface area contributed by atoms with Crippen LogP contribution >= 0.6 is 22.9 Å². The molecule has 1 N–H and O–H groups in total. The van der Waals surface area contributed by atoms with E-state index in [1.807, 2.05) is 0 Å². The largest absolute Gasteiger partial charge is 0.379 e. The van der Waals surface area contributed by atoms with Crippen molar-refractivity contribution in [3.05, 3.63) is 37.6 Å². The number of nitro groups is 1. The van der Waals surface area contributed by atoms with Crippen molar-refractivity contribution >= 4 is 22.9 Å². The quantitative estimate of drug-likeness (QED) is 0.638. The number of nitrogens with one attached hydrogen (secondary N) is 1. The topological polar surface area (TPSA) is 68.1 Å². The molecule has 1 aromatic rings. The molecule has 0 saturated carbocycles. The number of nitrogens with zero attached hydrogens (tertiary/aromatic N) is 2. The smallest absolute Gasteiger partial charge is 0.252 e. The lowest BCUT2D eigenvalue weighted by Crippen LogP contribution is -2.10. The molecule has 1 aromatic heterocycles. The zero-order valence-corrected chi connectivity index (χ0v) is 8.93. The van der Waals surface area contributed by atoms with Crippen molar-refractivity contribution in [2.75, 3.05) is 0 Å². The summed E-state index contributed by atoms with van der Waals surface area (Å²) in [5.74, 6) is 0. The molecule has 1 heterocycles. The second-order valence-corrected chi connectivity index (χ2v) is 4.23. The van der Waals surface area contributed by atoms with Gasteiger partial charge in [0.2, 0.25) is 0 Å². The molecule has 1 rings (SSSR count). The number of thiazole rings is 1. The van der Waals surface area contributed by atoms with Gasteiger partial charge in [0.25, 0.3) is 6.20 Å². The maximum absolute atomic E-state index is 10.1. The summed E-state index contributed by atoms with van der Waals surface area (Å²) < 4.78 is 0.470. The Morgan fingerprint density at radius 2 is 2.64 bits per heavy atom. The number of rotatable bonds is 4. The van der Waals surface area contributed by atoms with E-state index >= 15 is 0 Å². The minimum absolute atomic E-state index is 0.470. The summed E-state index contributed by atoms with van der Waals surface area (Å²) in [7, 11) is 0. The van der Waals surface area contributed by atoms with E-state index in [1.54, 1.807) is 13.1 Å². The van der Waals surface area contributed by atoms with Crippen LogP contribution in [0.3, 0.4) is 0 Å². The van der Waals surface area contributed by atoms with E-state index in [9.17, 15) is 10.1 Å². The van der Waals surface area contributed by atoms with Crippen molar-refractivity contribution in [3.63, 3.8) is 0 Å². The minimum atomic E-state index is -0.498. The van der Waals surface area contributed by atoms with Gasteiger partial charge >= 0.3 is 0 Å². The Kier molecular flexibility index (Phi) is 3.84. The molecule has 0 radical (unpaired) electrons. The average molecular weight is 234 g/mol. The Bertz CT molecular complexity index is 364. The molecule has 0 spiro atoms. The Hall–Kier alpha value is -1.14. The molecule has 0 saturated heterocycles. The predicted molar refractivity (Wildman–Crippen MR) is 54.7 cm³/mol. The molecule has 5 nitrogen and oxygen atoms in total. The van der Waals surface area contributed by atoms with Crippen LogP contribution in [0, 0.1) is 10.1 Å². The molecule has 0 bridgehead atoms. The number of hydrogen-bond donors (Lipinski definition) is 1. The van der Waals surface area contributed by atoms with Crippen LogP contribution in [0.1, 0.15) is 11.8 Å². The van der Waals surface area contributed by atoms with Crippen LogP contribution in [0.2, 0.25) is 4.47 Å². The monoisotopic (exact) mass is 233 g/mol. The Morgan fingerprint density at radius 1 is 1.93 bits per heavy atom. The van der Waals surface area contributed by atoms with Gasteiger partial charge in [0.05, 0.1) is 17.2 Å². The summed E-state index contributed by atoms with van der Waals surface area (Å²) in [5, 5.41) is 13.0. The third-order valence-electron chi connectivity index (χ3n) is 1.37. The lowest BCUT2D eigenvalue weighted by Gasteiger charge is -2.00. The fourth-order valence-corrected chi connectivity index (χ4v) is 1.71. The molecule has 0 atom stereocenters. The van der Waals surface area contributed by atoms with Gasteiger partial charge in [-0.25, -0.2) is 4.98 Å². The number of halogens is 1. The third kappa shape index (κ3) is 3.71. The van der Waals surface area contributed by atoms with Crippen molar-refractivity contribution in [1.29, 1.82) is 0 Å². The zero-order valence-electron chi connectivity index (χ0n) is 7.36.